The van der Waals surface area contributed by atoms with Gasteiger partial charge in [0.15, 0.2) is 11.5 Å². The molecule has 0 atom stereocenters. The summed E-state index contributed by atoms with van der Waals surface area (Å²) in [5, 5.41) is 0. The Bertz CT molecular complexity index is 626. The number of hydrogen-bond donors (Lipinski definition) is 0. The van der Waals surface area contributed by atoms with Crippen molar-refractivity contribution < 1.29 is 0 Å². The minimum atomic E-state index is -0.556. The van der Waals surface area contributed by atoms with Gasteiger partial charge in [-0.15, -0.1) is 0 Å². The van der Waals surface area contributed by atoms with Gasteiger partial charge in [-0.1, -0.05) is 6.92 Å². The van der Waals surface area contributed by atoms with Crippen molar-refractivity contribution in [1.82, 2.24) is 19.1 Å². The van der Waals surface area contributed by atoms with Crippen molar-refractivity contribution in [1.29, 1.82) is 0 Å². The number of aryl methyl sites for hydroxylation is 2. The number of aromatic nitrogens is 4. The Hall–Kier alpha value is -1.98. The zero-order valence-corrected chi connectivity index (χ0v) is 9.39. The molecule has 0 unspecified atom stereocenters. The van der Waals surface area contributed by atoms with Crippen LogP contribution in [0.25, 0.3) is 11.5 Å². The summed E-state index contributed by atoms with van der Waals surface area (Å²) in [5.41, 5.74) is 0.0801. The Kier molecular flexibility index (Phi) is 2.34. The lowest BCUT2D eigenvalue weighted by atomic mass is 10.3. The summed E-state index contributed by atoms with van der Waals surface area (Å²) in [6.45, 7) is 1.95. The van der Waals surface area contributed by atoms with E-state index in [1.807, 2.05) is 6.92 Å². The molecular weight excluding hydrogens is 208 g/mol. The molecule has 0 saturated carbocycles. The van der Waals surface area contributed by atoms with Crippen LogP contribution in [-0.2, 0) is 20.5 Å². The largest absolute Gasteiger partial charge is 0.352 e. The third-order valence-electron chi connectivity index (χ3n) is 2.50. The van der Waals surface area contributed by atoms with Crippen molar-refractivity contribution in [3.8, 4) is 11.5 Å². The number of nitrogens with zero attached hydrogens (tertiary/aromatic N) is 4. The average Bonchev–Trinajstić information content (AvgIpc) is 2.27. The van der Waals surface area contributed by atoms with Gasteiger partial charge in [-0.05, 0) is 6.42 Å². The van der Waals surface area contributed by atoms with Crippen molar-refractivity contribution in [2.24, 2.45) is 14.1 Å². The Morgan fingerprint density at radius 3 is 2.56 bits per heavy atom. The minimum absolute atomic E-state index is 0.240. The van der Waals surface area contributed by atoms with Crippen LogP contribution in [0.4, 0.5) is 0 Å². The third kappa shape index (κ3) is 1.42. The lowest BCUT2D eigenvalue weighted by Gasteiger charge is -2.11. The van der Waals surface area contributed by atoms with Crippen molar-refractivity contribution in [3.63, 3.8) is 0 Å². The molecule has 16 heavy (non-hydrogen) atoms. The molecule has 0 aliphatic carbocycles. The van der Waals surface area contributed by atoms with Crippen molar-refractivity contribution in [2.75, 3.05) is 0 Å². The van der Waals surface area contributed by atoms with Gasteiger partial charge in [-0.2, -0.15) is 4.98 Å². The fourth-order valence-corrected chi connectivity index (χ4v) is 1.53. The van der Waals surface area contributed by atoms with Crippen LogP contribution in [0.2, 0.25) is 0 Å². The minimum Gasteiger partial charge on any atom is -0.332 e. The van der Waals surface area contributed by atoms with E-state index in [1.165, 1.54) is 7.05 Å². The van der Waals surface area contributed by atoms with Crippen LogP contribution >= 0.6 is 0 Å². The average molecular weight is 220 g/mol. The summed E-state index contributed by atoms with van der Waals surface area (Å²) in [5.74, 6) is 0.324. The predicted octanol–water partition coefficient (Wildman–Crippen LogP) is -0.459. The molecule has 0 radical (unpaired) electrons. The molecule has 0 aromatic heterocycles. The molecule has 84 valence electrons. The molecular formula is C10H12N4O2. The van der Waals surface area contributed by atoms with Gasteiger partial charge in [-0.25, -0.2) is 9.78 Å². The molecule has 0 N–H and O–H groups in total. The summed E-state index contributed by atoms with van der Waals surface area (Å²) in [7, 11) is 3.15. The molecule has 0 saturated heterocycles. The number of hydrogen-bond acceptors (Lipinski definition) is 4. The molecule has 2 aliphatic heterocycles. The highest BCUT2D eigenvalue weighted by atomic mass is 16.2. The van der Waals surface area contributed by atoms with Crippen LogP contribution in [0.15, 0.2) is 15.8 Å². The quantitative estimate of drug-likeness (QED) is 0.652. The zero-order valence-electron chi connectivity index (χ0n) is 9.39. The van der Waals surface area contributed by atoms with E-state index in [-0.39, 0.29) is 5.69 Å². The normalized spacial score (nSPS) is 10.9. The summed E-state index contributed by atoms with van der Waals surface area (Å²) in [6.07, 6.45) is 2.50. The van der Waals surface area contributed by atoms with E-state index < -0.39 is 11.2 Å². The lowest BCUT2D eigenvalue weighted by Crippen LogP contribution is -2.36. The topological polar surface area (TPSA) is 69.8 Å². The summed E-state index contributed by atoms with van der Waals surface area (Å²) in [6, 6.07) is 0. The molecule has 0 aromatic rings. The zero-order chi connectivity index (χ0) is 11.9. The van der Waals surface area contributed by atoms with Crippen LogP contribution in [-0.4, -0.2) is 19.1 Å². The number of rotatable bonds is 1. The smallest absolute Gasteiger partial charge is 0.332 e. The van der Waals surface area contributed by atoms with Gasteiger partial charge in [0.05, 0.1) is 5.69 Å². The highest BCUT2D eigenvalue weighted by Gasteiger charge is 2.16. The molecule has 2 heterocycles. The summed E-state index contributed by atoms with van der Waals surface area (Å²) >= 11 is 0. The van der Waals surface area contributed by atoms with Crippen molar-refractivity contribution in [2.45, 2.75) is 13.3 Å². The highest BCUT2D eigenvalue weighted by Crippen LogP contribution is 2.10. The van der Waals surface area contributed by atoms with Crippen LogP contribution in [0.3, 0.4) is 0 Å². The Morgan fingerprint density at radius 2 is 1.94 bits per heavy atom. The van der Waals surface area contributed by atoms with Crippen molar-refractivity contribution in [3.05, 3.63) is 32.7 Å². The molecule has 0 bridgehead atoms. The molecule has 0 aromatic carbocycles. The summed E-state index contributed by atoms with van der Waals surface area (Å²) < 4.78 is 2.62. The first-order chi connectivity index (χ1) is 7.54. The van der Waals surface area contributed by atoms with E-state index in [0.717, 1.165) is 16.7 Å². The van der Waals surface area contributed by atoms with E-state index >= 15 is 0 Å². The molecule has 0 fully saturated rings. The van der Waals surface area contributed by atoms with Crippen LogP contribution in [0.1, 0.15) is 12.6 Å². The molecule has 6 heteroatoms. The molecule has 2 aliphatic rings. The maximum Gasteiger partial charge on any atom is 0.352 e. The van der Waals surface area contributed by atoms with Gasteiger partial charge >= 0.3 is 5.69 Å². The van der Waals surface area contributed by atoms with Gasteiger partial charge < -0.3 is 4.57 Å². The highest BCUT2D eigenvalue weighted by molar-refractivity contribution is 5.49. The van der Waals surface area contributed by atoms with Gasteiger partial charge in [0.25, 0.3) is 5.56 Å². The molecule has 2 rings (SSSR count). The van der Waals surface area contributed by atoms with E-state index in [9.17, 15) is 9.59 Å². The van der Waals surface area contributed by atoms with Gasteiger partial charge in [0, 0.05) is 20.3 Å². The SMILES string of the molecule is CCc1cn(C)c2nc(=O)n(C)c(=O)c-2n1. The second kappa shape index (κ2) is 3.55. The number of fused-ring (bicyclic) bond motifs is 1. The molecule has 0 spiro atoms. The third-order valence-corrected chi connectivity index (χ3v) is 2.50. The maximum atomic E-state index is 11.8. The lowest BCUT2D eigenvalue weighted by molar-refractivity contribution is 0.730. The van der Waals surface area contributed by atoms with Gasteiger partial charge in [-0.3, -0.25) is 9.36 Å². The van der Waals surface area contributed by atoms with E-state index in [1.54, 1.807) is 17.8 Å². The fraction of sp³-hybridized carbons (Fsp3) is 0.400. The molecule has 0 amide bonds. The second-order valence-corrected chi connectivity index (χ2v) is 3.63. The summed E-state index contributed by atoms with van der Waals surface area (Å²) in [4.78, 5) is 31.2. The van der Waals surface area contributed by atoms with Crippen LogP contribution in [0, 0.1) is 0 Å². The van der Waals surface area contributed by atoms with Gasteiger partial charge in [0.1, 0.15) is 0 Å². The van der Waals surface area contributed by atoms with Gasteiger partial charge in [0.2, 0.25) is 0 Å². The Balaban J connectivity index is 2.96. The van der Waals surface area contributed by atoms with E-state index in [0.29, 0.717) is 5.82 Å². The maximum absolute atomic E-state index is 11.8. The fourth-order valence-electron chi connectivity index (χ4n) is 1.53. The predicted molar refractivity (Wildman–Crippen MR) is 58.5 cm³/mol. The van der Waals surface area contributed by atoms with Crippen molar-refractivity contribution >= 4 is 0 Å². The first-order valence-corrected chi connectivity index (χ1v) is 4.98. The first-order valence-electron chi connectivity index (χ1n) is 4.98. The van der Waals surface area contributed by atoms with E-state index in [4.69, 9.17) is 0 Å². The Morgan fingerprint density at radius 1 is 1.25 bits per heavy atom. The first kappa shape index (κ1) is 10.5. The standard InChI is InChI=1S/C10H12N4O2/c1-4-6-5-13(2)8-7(11-6)9(15)14(3)10(16)12-8/h5H,4H2,1-3H3. The second-order valence-electron chi connectivity index (χ2n) is 3.63. The van der Waals surface area contributed by atoms with Crippen LogP contribution in [0.5, 0.6) is 0 Å². The van der Waals surface area contributed by atoms with E-state index in [2.05, 4.69) is 9.97 Å². The molecule has 6 nitrogen and oxygen atoms in total. The Labute approximate surface area is 91.5 Å². The van der Waals surface area contributed by atoms with Crippen LogP contribution < -0.4 is 11.2 Å². The monoisotopic (exact) mass is 220 g/mol.